The Morgan fingerprint density at radius 2 is 1.62 bits per heavy atom. The van der Waals surface area contributed by atoms with Crippen molar-refractivity contribution in [1.29, 1.82) is 0 Å². The molecule has 3 aromatic rings. The molecule has 0 aliphatic rings. The van der Waals surface area contributed by atoms with Crippen molar-refractivity contribution in [1.82, 2.24) is 4.98 Å². The number of amides is 1. The van der Waals surface area contributed by atoms with Gasteiger partial charge in [-0.05, 0) is 55.0 Å². The van der Waals surface area contributed by atoms with Crippen LogP contribution in [0.5, 0.6) is 11.5 Å². The van der Waals surface area contributed by atoms with Crippen molar-refractivity contribution in [2.75, 3.05) is 10.6 Å². The number of pyridine rings is 1. The first-order chi connectivity index (χ1) is 12.7. The minimum Gasteiger partial charge on any atom is -0.457 e. The van der Waals surface area contributed by atoms with Crippen molar-refractivity contribution in [3.05, 3.63) is 72.9 Å². The predicted octanol–water partition coefficient (Wildman–Crippen LogP) is 5.36. The van der Waals surface area contributed by atoms with E-state index in [1.807, 2.05) is 67.6 Å². The smallest absolute Gasteiger partial charge is 0.225 e. The number of hydrogen-bond acceptors (Lipinski definition) is 4. The van der Waals surface area contributed by atoms with Crippen LogP contribution < -0.4 is 15.4 Å². The molecule has 3 rings (SSSR count). The summed E-state index contributed by atoms with van der Waals surface area (Å²) in [5, 5.41) is 6.04. The number of hydrogen-bond donors (Lipinski definition) is 2. The van der Waals surface area contributed by atoms with Crippen LogP contribution in [0.1, 0.15) is 19.8 Å². The lowest BCUT2D eigenvalue weighted by molar-refractivity contribution is -0.116. The number of carbonyl (C=O) groups is 1. The third-order valence-corrected chi connectivity index (χ3v) is 3.63. The van der Waals surface area contributed by atoms with Crippen LogP contribution >= 0.6 is 0 Å². The second kappa shape index (κ2) is 8.67. The number of ether oxygens (including phenoxy) is 1. The number of nitrogens with zero attached hydrogens (tertiary/aromatic N) is 1. The third kappa shape index (κ3) is 5.08. The van der Waals surface area contributed by atoms with E-state index in [2.05, 4.69) is 15.6 Å². The van der Waals surface area contributed by atoms with Crippen molar-refractivity contribution in [3.63, 3.8) is 0 Å². The molecule has 0 saturated carbocycles. The molecule has 0 aliphatic heterocycles. The molecule has 5 heteroatoms. The average Bonchev–Trinajstić information content (AvgIpc) is 2.66. The van der Waals surface area contributed by atoms with E-state index in [-0.39, 0.29) is 5.91 Å². The van der Waals surface area contributed by atoms with Gasteiger partial charge in [-0.15, -0.1) is 0 Å². The standard InChI is InChI=1S/C21H21N3O2/c1-2-6-21(25)24-20-14-11-17(15-22-20)23-16-9-12-19(13-10-16)26-18-7-4-3-5-8-18/h3-5,7-15,23H,2,6H2,1H3,(H,22,24,25). The van der Waals surface area contributed by atoms with Gasteiger partial charge in [-0.25, -0.2) is 4.98 Å². The molecule has 0 unspecified atom stereocenters. The number of aromatic nitrogens is 1. The largest absolute Gasteiger partial charge is 0.457 e. The fraction of sp³-hybridized carbons (Fsp3) is 0.143. The minimum absolute atomic E-state index is 0.0188. The van der Waals surface area contributed by atoms with Crippen molar-refractivity contribution in [2.45, 2.75) is 19.8 Å². The summed E-state index contributed by atoms with van der Waals surface area (Å²) in [4.78, 5) is 15.8. The zero-order valence-corrected chi connectivity index (χ0v) is 14.6. The van der Waals surface area contributed by atoms with E-state index in [1.165, 1.54) is 0 Å². The Kier molecular flexibility index (Phi) is 5.83. The number of nitrogens with one attached hydrogen (secondary N) is 2. The van der Waals surface area contributed by atoms with Gasteiger partial charge in [0.25, 0.3) is 0 Å². The van der Waals surface area contributed by atoms with Gasteiger partial charge in [0.15, 0.2) is 0 Å². The maximum atomic E-state index is 11.6. The molecule has 1 amide bonds. The lowest BCUT2D eigenvalue weighted by Gasteiger charge is -2.09. The molecule has 1 aromatic heterocycles. The van der Waals surface area contributed by atoms with Crippen LogP contribution in [0.2, 0.25) is 0 Å². The molecule has 0 saturated heterocycles. The van der Waals surface area contributed by atoms with Crippen molar-refractivity contribution >= 4 is 23.1 Å². The second-order valence-electron chi connectivity index (χ2n) is 5.79. The molecule has 1 heterocycles. The van der Waals surface area contributed by atoms with Crippen molar-refractivity contribution in [2.24, 2.45) is 0 Å². The van der Waals surface area contributed by atoms with E-state index in [4.69, 9.17) is 4.74 Å². The van der Waals surface area contributed by atoms with Gasteiger partial charge in [0.1, 0.15) is 17.3 Å². The molecule has 0 fully saturated rings. The van der Waals surface area contributed by atoms with E-state index < -0.39 is 0 Å². The summed E-state index contributed by atoms with van der Waals surface area (Å²) < 4.78 is 5.78. The fourth-order valence-electron chi connectivity index (χ4n) is 2.37. The lowest BCUT2D eigenvalue weighted by atomic mass is 10.3. The quantitative estimate of drug-likeness (QED) is 0.604. The molecular formula is C21H21N3O2. The van der Waals surface area contributed by atoms with E-state index in [1.54, 1.807) is 12.3 Å². The van der Waals surface area contributed by atoms with Crippen LogP contribution in [-0.4, -0.2) is 10.9 Å². The SMILES string of the molecule is CCCC(=O)Nc1ccc(Nc2ccc(Oc3ccccc3)cc2)cn1. The lowest BCUT2D eigenvalue weighted by Crippen LogP contribution is -2.11. The Bertz CT molecular complexity index is 831. The van der Waals surface area contributed by atoms with Crippen molar-refractivity contribution in [3.8, 4) is 11.5 Å². The third-order valence-electron chi connectivity index (χ3n) is 3.63. The summed E-state index contributed by atoms with van der Waals surface area (Å²) in [6, 6.07) is 21.0. The first-order valence-electron chi connectivity index (χ1n) is 8.59. The van der Waals surface area contributed by atoms with Crippen LogP contribution in [0.3, 0.4) is 0 Å². The van der Waals surface area contributed by atoms with Gasteiger partial charge in [0.05, 0.1) is 11.9 Å². The zero-order chi connectivity index (χ0) is 18.2. The summed E-state index contributed by atoms with van der Waals surface area (Å²) in [6.45, 7) is 1.97. The van der Waals surface area contributed by atoms with Crippen molar-refractivity contribution < 1.29 is 9.53 Å². The highest BCUT2D eigenvalue weighted by Crippen LogP contribution is 2.24. The Balaban J connectivity index is 1.58. The average molecular weight is 347 g/mol. The number of benzene rings is 2. The van der Waals surface area contributed by atoms with Crippen LogP contribution in [0.4, 0.5) is 17.2 Å². The highest BCUT2D eigenvalue weighted by molar-refractivity contribution is 5.89. The van der Waals surface area contributed by atoms with Gasteiger partial charge in [-0.2, -0.15) is 0 Å². The first-order valence-corrected chi connectivity index (χ1v) is 8.59. The summed E-state index contributed by atoms with van der Waals surface area (Å²) in [5.41, 5.74) is 1.77. The molecule has 0 aliphatic carbocycles. The van der Waals surface area contributed by atoms with Gasteiger partial charge >= 0.3 is 0 Å². The molecular weight excluding hydrogens is 326 g/mol. The fourth-order valence-corrected chi connectivity index (χ4v) is 2.37. The normalized spacial score (nSPS) is 10.2. The predicted molar refractivity (Wildman–Crippen MR) is 104 cm³/mol. The van der Waals surface area contributed by atoms with E-state index in [0.717, 1.165) is 29.3 Å². The highest BCUT2D eigenvalue weighted by Gasteiger charge is 2.03. The van der Waals surface area contributed by atoms with Gasteiger partial charge in [-0.1, -0.05) is 25.1 Å². The molecule has 0 spiro atoms. The molecule has 0 bridgehead atoms. The minimum atomic E-state index is -0.0188. The number of carbonyl (C=O) groups excluding carboxylic acids is 1. The van der Waals surface area contributed by atoms with E-state index in [0.29, 0.717) is 12.2 Å². The summed E-state index contributed by atoms with van der Waals surface area (Å²) in [7, 11) is 0. The van der Waals surface area contributed by atoms with Gasteiger partial charge < -0.3 is 15.4 Å². The number of para-hydroxylation sites is 1. The Labute approximate surface area is 153 Å². The summed E-state index contributed by atoms with van der Waals surface area (Å²) >= 11 is 0. The first kappa shape index (κ1) is 17.5. The molecule has 5 nitrogen and oxygen atoms in total. The van der Waals surface area contributed by atoms with Crippen LogP contribution in [0.15, 0.2) is 72.9 Å². The summed E-state index contributed by atoms with van der Waals surface area (Å²) in [5.74, 6) is 2.11. The second-order valence-corrected chi connectivity index (χ2v) is 5.79. The monoisotopic (exact) mass is 347 g/mol. The Morgan fingerprint density at radius 1 is 0.923 bits per heavy atom. The maximum Gasteiger partial charge on any atom is 0.225 e. The number of rotatable bonds is 7. The molecule has 2 aromatic carbocycles. The van der Waals surface area contributed by atoms with Crippen LogP contribution in [0.25, 0.3) is 0 Å². The van der Waals surface area contributed by atoms with E-state index in [9.17, 15) is 4.79 Å². The Hall–Kier alpha value is -3.34. The molecule has 0 atom stereocenters. The highest BCUT2D eigenvalue weighted by atomic mass is 16.5. The number of anilines is 3. The molecule has 132 valence electrons. The van der Waals surface area contributed by atoms with Gasteiger partial charge in [0, 0.05) is 12.1 Å². The Morgan fingerprint density at radius 3 is 2.27 bits per heavy atom. The molecule has 0 radical (unpaired) electrons. The maximum absolute atomic E-state index is 11.6. The topological polar surface area (TPSA) is 63.2 Å². The van der Waals surface area contributed by atoms with Crippen LogP contribution in [0, 0.1) is 0 Å². The van der Waals surface area contributed by atoms with Crippen LogP contribution in [-0.2, 0) is 4.79 Å². The zero-order valence-electron chi connectivity index (χ0n) is 14.6. The molecule has 2 N–H and O–H groups in total. The summed E-state index contributed by atoms with van der Waals surface area (Å²) in [6.07, 6.45) is 3.00. The van der Waals surface area contributed by atoms with Gasteiger partial charge in [-0.3, -0.25) is 4.79 Å². The van der Waals surface area contributed by atoms with Gasteiger partial charge in [0.2, 0.25) is 5.91 Å². The molecule has 26 heavy (non-hydrogen) atoms. The van der Waals surface area contributed by atoms with E-state index >= 15 is 0 Å².